The molecule has 0 aliphatic rings. The minimum Gasteiger partial charge on any atom is -0.379 e. The Kier molecular flexibility index (Phi) is 5.92. The lowest BCUT2D eigenvalue weighted by Gasteiger charge is -2.22. The summed E-state index contributed by atoms with van der Waals surface area (Å²) in [5.74, 6) is -1.01. The van der Waals surface area contributed by atoms with Gasteiger partial charge in [0.15, 0.2) is 5.79 Å². The molecule has 0 aliphatic carbocycles. The van der Waals surface area contributed by atoms with Crippen molar-refractivity contribution in [3.63, 3.8) is 0 Å². The zero-order chi connectivity index (χ0) is 11.2. The van der Waals surface area contributed by atoms with Crippen molar-refractivity contribution in [3.05, 3.63) is 0 Å². The molecule has 4 heteroatoms. The summed E-state index contributed by atoms with van der Waals surface area (Å²) in [7, 11) is 1.57. The van der Waals surface area contributed by atoms with Crippen molar-refractivity contribution < 1.29 is 19.4 Å². The van der Waals surface area contributed by atoms with Gasteiger partial charge in [0, 0.05) is 13.5 Å². The number of ether oxygens (including phenoxy) is 2. The number of carbonyl (C=O) groups excluding carboxylic acids is 1. The lowest BCUT2D eigenvalue weighted by atomic mass is 10.1. The highest BCUT2D eigenvalue weighted by molar-refractivity contribution is 5.75. The predicted molar refractivity (Wildman–Crippen MR) is 53.0 cm³/mol. The van der Waals surface area contributed by atoms with Crippen molar-refractivity contribution in [1.29, 1.82) is 0 Å². The predicted octanol–water partition coefficient (Wildman–Crippen LogP) is 1.12. The first-order valence-electron chi connectivity index (χ1n) is 4.73. The van der Waals surface area contributed by atoms with Crippen LogP contribution in [0.2, 0.25) is 0 Å². The van der Waals surface area contributed by atoms with Gasteiger partial charge < -0.3 is 19.4 Å². The van der Waals surface area contributed by atoms with Crippen LogP contribution in [0.15, 0.2) is 0 Å². The molecule has 0 amide bonds. The zero-order valence-electron chi connectivity index (χ0n) is 9.37. The Morgan fingerprint density at radius 3 is 2.43 bits per heavy atom. The maximum absolute atomic E-state index is 10.7. The standard InChI is InChI=1S/C10H20O4/c1-8(11)5-6-9(13-4)7-14-10(2,3)12/h9,12H,5-7H2,1-4H3. The molecule has 0 aromatic rings. The fourth-order valence-electron chi connectivity index (χ4n) is 0.930. The molecule has 0 aromatic heterocycles. The van der Waals surface area contributed by atoms with Gasteiger partial charge in [0.25, 0.3) is 0 Å². The van der Waals surface area contributed by atoms with Gasteiger partial charge in [-0.15, -0.1) is 0 Å². The number of Topliss-reactive ketones (excluding diaryl/α,β-unsaturated/α-hetero) is 1. The smallest absolute Gasteiger partial charge is 0.159 e. The third-order valence-corrected chi connectivity index (χ3v) is 1.77. The summed E-state index contributed by atoms with van der Waals surface area (Å²) in [5, 5.41) is 9.29. The molecule has 1 unspecified atom stereocenters. The van der Waals surface area contributed by atoms with Crippen LogP contribution < -0.4 is 0 Å². The number of methoxy groups -OCH3 is 1. The number of ketones is 1. The molecular formula is C10H20O4. The van der Waals surface area contributed by atoms with E-state index in [2.05, 4.69) is 0 Å². The molecule has 0 saturated carbocycles. The Bertz CT molecular complexity index is 171. The van der Waals surface area contributed by atoms with E-state index in [-0.39, 0.29) is 11.9 Å². The highest BCUT2D eigenvalue weighted by Gasteiger charge is 2.16. The van der Waals surface area contributed by atoms with E-state index in [1.807, 2.05) is 0 Å². The lowest BCUT2D eigenvalue weighted by Crippen LogP contribution is -2.29. The summed E-state index contributed by atoms with van der Waals surface area (Å²) < 4.78 is 10.2. The van der Waals surface area contributed by atoms with Crippen LogP contribution in [0.3, 0.4) is 0 Å². The molecule has 0 heterocycles. The minimum atomic E-state index is -1.15. The molecule has 0 radical (unpaired) electrons. The summed E-state index contributed by atoms with van der Waals surface area (Å²) in [6, 6.07) is 0. The van der Waals surface area contributed by atoms with Crippen molar-refractivity contribution in [2.75, 3.05) is 13.7 Å². The number of aliphatic hydroxyl groups is 1. The van der Waals surface area contributed by atoms with E-state index in [0.717, 1.165) is 0 Å². The average molecular weight is 204 g/mol. The van der Waals surface area contributed by atoms with E-state index < -0.39 is 5.79 Å². The Morgan fingerprint density at radius 2 is 2.07 bits per heavy atom. The van der Waals surface area contributed by atoms with E-state index >= 15 is 0 Å². The van der Waals surface area contributed by atoms with Crippen molar-refractivity contribution in [3.8, 4) is 0 Å². The van der Waals surface area contributed by atoms with Gasteiger partial charge in [-0.25, -0.2) is 0 Å². The van der Waals surface area contributed by atoms with Crippen LogP contribution in [0, 0.1) is 0 Å². The SMILES string of the molecule is COC(CCC(C)=O)COC(C)(C)O. The van der Waals surface area contributed by atoms with Crippen molar-refractivity contribution in [2.24, 2.45) is 0 Å². The molecular weight excluding hydrogens is 184 g/mol. The van der Waals surface area contributed by atoms with Crippen LogP contribution in [-0.2, 0) is 14.3 Å². The summed E-state index contributed by atoms with van der Waals surface area (Å²) in [4.78, 5) is 10.7. The molecule has 4 nitrogen and oxygen atoms in total. The van der Waals surface area contributed by atoms with Crippen molar-refractivity contribution in [1.82, 2.24) is 0 Å². The molecule has 0 spiro atoms. The van der Waals surface area contributed by atoms with Gasteiger partial charge in [-0.1, -0.05) is 0 Å². The normalized spacial score (nSPS) is 14.1. The van der Waals surface area contributed by atoms with Crippen molar-refractivity contribution in [2.45, 2.75) is 45.5 Å². The molecule has 14 heavy (non-hydrogen) atoms. The molecule has 84 valence electrons. The molecule has 0 aromatic carbocycles. The second-order valence-corrected chi connectivity index (χ2v) is 3.86. The second kappa shape index (κ2) is 6.11. The molecule has 0 saturated heterocycles. The fourth-order valence-corrected chi connectivity index (χ4v) is 0.930. The Morgan fingerprint density at radius 1 is 1.50 bits per heavy atom. The van der Waals surface area contributed by atoms with Gasteiger partial charge in [-0.3, -0.25) is 0 Å². The van der Waals surface area contributed by atoms with E-state index in [9.17, 15) is 9.90 Å². The number of hydrogen-bond donors (Lipinski definition) is 1. The molecule has 0 rings (SSSR count). The number of hydrogen-bond acceptors (Lipinski definition) is 4. The van der Waals surface area contributed by atoms with Gasteiger partial charge in [0.2, 0.25) is 0 Å². The van der Waals surface area contributed by atoms with Crippen LogP contribution in [-0.4, -0.2) is 36.5 Å². The molecule has 1 N–H and O–H groups in total. The first kappa shape index (κ1) is 13.5. The van der Waals surface area contributed by atoms with E-state index in [1.165, 1.54) is 0 Å². The van der Waals surface area contributed by atoms with Gasteiger partial charge in [0.1, 0.15) is 5.78 Å². The van der Waals surface area contributed by atoms with E-state index in [0.29, 0.717) is 19.4 Å². The summed E-state index contributed by atoms with van der Waals surface area (Å²) in [6.07, 6.45) is 0.973. The Balaban J connectivity index is 3.74. The minimum absolute atomic E-state index is 0.134. The second-order valence-electron chi connectivity index (χ2n) is 3.86. The first-order valence-corrected chi connectivity index (χ1v) is 4.73. The summed E-state index contributed by atoms with van der Waals surface area (Å²) >= 11 is 0. The molecule has 0 aliphatic heterocycles. The van der Waals surface area contributed by atoms with E-state index in [1.54, 1.807) is 27.9 Å². The van der Waals surface area contributed by atoms with Crippen LogP contribution in [0.5, 0.6) is 0 Å². The third-order valence-electron chi connectivity index (χ3n) is 1.77. The Hall–Kier alpha value is -0.450. The maximum Gasteiger partial charge on any atom is 0.159 e. The van der Waals surface area contributed by atoms with Crippen LogP contribution in [0.25, 0.3) is 0 Å². The molecule has 0 bridgehead atoms. The quantitative estimate of drug-likeness (QED) is 0.631. The zero-order valence-corrected chi connectivity index (χ0v) is 9.37. The topological polar surface area (TPSA) is 55.8 Å². The monoisotopic (exact) mass is 204 g/mol. The number of rotatable bonds is 7. The van der Waals surface area contributed by atoms with Crippen LogP contribution >= 0.6 is 0 Å². The molecule has 1 atom stereocenters. The van der Waals surface area contributed by atoms with Gasteiger partial charge >= 0.3 is 0 Å². The van der Waals surface area contributed by atoms with Crippen molar-refractivity contribution >= 4 is 5.78 Å². The summed E-state index contributed by atoms with van der Waals surface area (Å²) in [5.41, 5.74) is 0. The number of carbonyl (C=O) groups is 1. The first-order chi connectivity index (χ1) is 6.35. The lowest BCUT2D eigenvalue weighted by molar-refractivity contribution is -0.193. The highest BCUT2D eigenvalue weighted by Crippen LogP contribution is 2.08. The maximum atomic E-state index is 10.7. The van der Waals surface area contributed by atoms with Crippen LogP contribution in [0.1, 0.15) is 33.6 Å². The molecule has 0 fully saturated rings. The van der Waals surface area contributed by atoms with Crippen LogP contribution in [0.4, 0.5) is 0 Å². The average Bonchev–Trinajstić information content (AvgIpc) is 2.02. The highest BCUT2D eigenvalue weighted by atomic mass is 16.6. The van der Waals surface area contributed by atoms with E-state index in [4.69, 9.17) is 9.47 Å². The van der Waals surface area contributed by atoms with Gasteiger partial charge in [-0.2, -0.15) is 0 Å². The fraction of sp³-hybridized carbons (Fsp3) is 0.900. The Labute approximate surface area is 85.2 Å². The largest absolute Gasteiger partial charge is 0.379 e. The summed E-state index contributed by atoms with van der Waals surface area (Å²) in [6.45, 7) is 4.96. The third kappa shape index (κ3) is 8.16. The van der Waals surface area contributed by atoms with Gasteiger partial charge in [-0.05, 0) is 27.2 Å². The van der Waals surface area contributed by atoms with Gasteiger partial charge in [0.05, 0.1) is 12.7 Å².